The number of halogens is 1. The Kier molecular flexibility index (Phi) is 7.68. The van der Waals surface area contributed by atoms with Gasteiger partial charge in [0.15, 0.2) is 0 Å². The third-order valence-corrected chi connectivity index (χ3v) is 2.23. The van der Waals surface area contributed by atoms with Crippen molar-refractivity contribution in [1.29, 1.82) is 0 Å². The zero-order valence-corrected chi connectivity index (χ0v) is 10.2. The number of rotatable bonds is 6. The number of carbonyl (C=O) groups excluding carboxylic acids is 1. The summed E-state index contributed by atoms with van der Waals surface area (Å²) in [6.07, 6.45) is 0. The molecule has 0 aliphatic carbocycles. The average molecular weight is 271 g/mol. The molecule has 0 aromatic carbocycles. The molecule has 0 spiro atoms. The summed E-state index contributed by atoms with van der Waals surface area (Å²) >= 11 is 6.93. The molecule has 0 heterocycles. The molecule has 0 saturated heterocycles. The monoisotopic (exact) mass is 270 g/mol. The van der Waals surface area contributed by atoms with Gasteiger partial charge in [0.25, 0.3) is 0 Å². The van der Waals surface area contributed by atoms with Gasteiger partial charge < -0.3 is 0 Å². The Balaban J connectivity index is 3.50. The molecule has 0 unspecified atom stereocenters. The number of alkyl halides is 1. The Morgan fingerprint density at radius 3 is 2.38 bits per heavy atom. The Morgan fingerprint density at radius 2 is 1.92 bits per heavy atom. The second kappa shape index (κ2) is 7.57. The fourth-order valence-electron chi connectivity index (χ4n) is 0.649. The summed E-state index contributed by atoms with van der Waals surface area (Å²) in [5.74, 6) is -0.0519. The molecule has 0 saturated carbocycles. The Morgan fingerprint density at radius 1 is 1.38 bits per heavy atom. The van der Waals surface area contributed by atoms with Crippen LogP contribution in [0, 0.1) is 0 Å². The number of carbonyl (C=O) groups is 1. The van der Waals surface area contributed by atoms with E-state index in [1.165, 1.54) is 0 Å². The van der Waals surface area contributed by atoms with E-state index >= 15 is 0 Å². The van der Waals surface area contributed by atoms with Crippen molar-refractivity contribution in [2.45, 2.75) is 0 Å². The van der Waals surface area contributed by atoms with E-state index < -0.39 is 0 Å². The Hall–Kier alpha value is 0.180. The molecule has 1 amide bonds. The van der Waals surface area contributed by atoms with Crippen molar-refractivity contribution in [3.63, 3.8) is 0 Å². The molecule has 7 heteroatoms. The highest BCUT2D eigenvalue weighted by Gasteiger charge is 2.03. The molecule has 0 aromatic heterocycles. The van der Waals surface area contributed by atoms with Crippen LogP contribution in [0.1, 0.15) is 0 Å². The topological polar surface area (TPSA) is 47.6 Å². The van der Waals surface area contributed by atoms with Gasteiger partial charge in [0.05, 0.1) is 5.33 Å². The summed E-state index contributed by atoms with van der Waals surface area (Å²) in [6, 6.07) is 0. The highest BCUT2D eigenvalue weighted by molar-refractivity contribution is 9.09. The van der Waals surface area contributed by atoms with Gasteiger partial charge >= 0.3 is 0 Å². The van der Waals surface area contributed by atoms with Crippen LogP contribution in [-0.2, 0) is 4.79 Å². The van der Waals surface area contributed by atoms with Crippen LogP contribution < -0.4 is 10.3 Å². The van der Waals surface area contributed by atoms with Crippen molar-refractivity contribution in [2.75, 3.05) is 32.5 Å². The first-order valence-electron chi connectivity index (χ1n) is 3.77. The van der Waals surface area contributed by atoms with E-state index in [4.69, 9.17) is 0 Å². The van der Waals surface area contributed by atoms with Gasteiger partial charge in [-0.05, 0) is 0 Å². The minimum atomic E-state index is -0.0519. The first-order valence-corrected chi connectivity index (χ1v) is 5.34. The molecule has 0 bridgehead atoms. The minimum Gasteiger partial charge on any atom is -0.288 e. The zero-order chi connectivity index (χ0) is 10.3. The largest absolute Gasteiger partial charge is 0.288 e. The van der Waals surface area contributed by atoms with Crippen LogP contribution >= 0.6 is 28.7 Å². The molecule has 0 atom stereocenters. The Bertz CT molecular complexity index is 160. The quantitative estimate of drug-likeness (QED) is 0.350. The Labute approximate surface area is 92.4 Å². The van der Waals surface area contributed by atoms with Crippen molar-refractivity contribution in [3.05, 3.63) is 0 Å². The van der Waals surface area contributed by atoms with Crippen LogP contribution in [0.25, 0.3) is 0 Å². The molecule has 78 valence electrons. The maximum atomic E-state index is 10.9. The highest BCUT2D eigenvalue weighted by atomic mass is 79.9. The number of hydrazine groups is 2. The first kappa shape index (κ1) is 13.2. The van der Waals surface area contributed by atoms with Crippen LogP contribution in [-0.4, -0.2) is 48.4 Å². The second-order valence-corrected chi connectivity index (χ2v) is 3.37. The van der Waals surface area contributed by atoms with Gasteiger partial charge in [0, 0.05) is 27.2 Å². The second-order valence-electron chi connectivity index (χ2n) is 2.61. The summed E-state index contributed by atoms with van der Waals surface area (Å²) in [4.78, 5) is 13.6. The normalized spacial score (nSPS) is 10.9. The molecule has 0 radical (unpaired) electrons. The number of amides is 1. The fraction of sp³-hybridized carbons (Fsp3) is 0.833. The molecule has 0 aliphatic rings. The molecule has 0 fully saturated rings. The van der Waals surface area contributed by atoms with Crippen LogP contribution in [0.15, 0.2) is 0 Å². The van der Waals surface area contributed by atoms with Gasteiger partial charge in [-0.2, -0.15) is 0 Å². The summed E-state index contributed by atoms with van der Waals surface area (Å²) in [7, 11) is 3.68. The van der Waals surface area contributed by atoms with Crippen molar-refractivity contribution in [3.8, 4) is 0 Å². The van der Waals surface area contributed by atoms with Crippen molar-refractivity contribution < 1.29 is 4.79 Å². The predicted octanol–water partition coefficient (Wildman–Crippen LogP) is -0.375. The van der Waals surface area contributed by atoms with Gasteiger partial charge in [0.1, 0.15) is 0 Å². The van der Waals surface area contributed by atoms with E-state index in [0.29, 0.717) is 5.33 Å². The van der Waals surface area contributed by atoms with E-state index in [-0.39, 0.29) is 5.91 Å². The van der Waals surface area contributed by atoms with Gasteiger partial charge in [0.2, 0.25) is 5.91 Å². The number of likely N-dealkylation sites (N-methyl/N-ethyl adjacent to an activating group) is 2. The maximum Gasteiger partial charge on any atom is 0.244 e. The third-order valence-electron chi connectivity index (χ3n) is 1.38. The molecule has 5 nitrogen and oxygen atoms in total. The number of hydrogen-bond acceptors (Lipinski definition) is 5. The van der Waals surface area contributed by atoms with Crippen LogP contribution in [0.3, 0.4) is 0 Å². The minimum absolute atomic E-state index is 0.0519. The first-order chi connectivity index (χ1) is 6.10. The summed E-state index contributed by atoms with van der Waals surface area (Å²) in [5, 5.41) is 3.85. The lowest BCUT2D eigenvalue weighted by atomic mass is 10.6. The lowest BCUT2D eigenvalue weighted by Gasteiger charge is -2.20. The lowest BCUT2D eigenvalue weighted by molar-refractivity contribution is -0.122. The predicted molar refractivity (Wildman–Crippen MR) is 59.3 cm³/mol. The zero-order valence-electron chi connectivity index (χ0n) is 7.75. The number of nitrogens with zero attached hydrogens (tertiary/aromatic N) is 2. The van der Waals surface area contributed by atoms with Crippen molar-refractivity contribution >= 4 is 34.7 Å². The summed E-state index contributed by atoms with van der Waals surface area (Å²) < 4.78 is 0. The lowest BCUT2D eigenvalue weighted by Crippen LogP contribution is -2.44. The van der Waals surface area contributed by atoms with Gasteiger partial charge in [-0.15, -0.1) is 0 Å². The van der Waals surface area contributed by atoms with Crippen molar-refractivity contribution in [1.82, 2.24) is 20.3 Å². The van der Waals surface area contributed by atoms with Gasteiger partial charge in [-0.3, -0.25) is 10.2 Å². The van der Waals surface area contributed by atoms with Crippen molar-refractivity contribution in [2.24, 2.45) is 0 Å². The standard InChI is InChI=1S/C6H15BrN4OS/c1-10(8-6(12)5-7)3-4-11(2)9-13/h9,13H,3-5H2,1-2H3,(H,8,12). The third kappa shape index (κ3) is 7.27. The van der Waals surface area contributed by atoms with Crippen LogP contribution in [0.5, 0.6) is 0 Å². The summed E-state index contributed by atoms with van der Waals surface area (Å²) in [6.45, 7) is 1.49. The molecule has 0 rings (SSSR count). The van der Waals surface area contributed by atoms with Gasteiger partial charge in [-0.25, -0.2) is 14.8 Å². The smallest absolute Gasteiger partial charge is 0.244 e. The average Bonchev–Trinajstić information content (AvgIpc) is 2.13. The van der Waals surface area contributed by atoms with E-state index in [9.17, 15) is 4.79 Å². The van der Waals surface area contributed by atoms with E-state index in [1.54, 1.807) is 10.0 Å². The fourth-order valence-corrected chi connectivity index (χ4v) is 0.874. The molecule has 0 aliphatic heterocycles. The molecular weight excluding hydrogens is 256 g/mol. The van der Waals surface area contributed by atoms with Crippen LogP contribution in [0.2, 0.25) is 0 Å². The van der Waals surface area contributed by atoms with Crippen LogP contribution in [0.4, 0.5) is 0 Å². The number of hydrogen-bond donors (Lipinski definition) is 3. The summed E-state index contributed by atoms with van der Waals surface area (Å²) in [5.41, 5.74) is 2.68. The van der Waals surface area contributed by atoms with E-state index in [0.717, 1.165) is 13.1 Å². The van der Waals surface area contributed by atoms with E-state index in [2.05, 4.69) is 39.0 Å². The van der Waals surface area contributed by atoms with E-state index in [1.807, 2.05) is 14.1 Å². The number of nitrogens with one attached hydrogen (secondary N) is 2. The molecular formula is C6H15BrN4OS. The van der Waals surface area contributed by atoms with Gasteiger partial charge in [-0.1, -0.05) is 28.7 Å². The SMILES string of the molecule is CN(CCN(C)NC(=O)CBr)NS. The maximum absolute atomic E-state index is 10.9. The highest BCUT2D eigenvalue weighted by Crippen LogP contribution is 1.83. The molecule has 13 heavy (non-hydrogen) atoms. The molecule has 2 N–H and O–H groups in total. The number of thiol groups is 1. The molecule has 0 aromatic rings.